The molecule has 0 aliphatic rings. The summed E-state index contributed by atoms with van der Waals surface area (Å²) in [7, 11) is -2.92. The molecule has 0 aliphatic heterocycles. The fraction of sp³-hybridized carbons (Fsp3) is 0. The van der Waals surface area contributed by atoms with Crippen molar-refractivity contribution in [3.63, 3.8) is 0 Å². The minimum Gasteiger partial charge on any atom is -0.907 e. The van der Waals surface area contributed by atoms with Gasteiger partial charge in [-0.1, -0.05) is 0 Å². The minimum atomic E-state index is -2.92. The van der Waals surface area contributed by atoms with Crippen molar-refractivity contribution in [3.05, 3.63) is 0 Å². The summed E-state index contributed by atoms with van der Waals surface area (Å²) in [6, 6.07) is 2.47. The molecule has 0 heterocycles. The van der Waals surface area contributed by atoms with E-state index in [2.05, 4.69) is 0 Å². The first-order chi connectivity index (χ1) is 3.65. The molecule has 0 spiro atoms. The second kappa shape index (κ2) is 29.7. The van der Waals surface area contributed by atoms with E-state index in [1.165, 1.54) is 12.1 Å². The molecular weight excluding hydrogens is 180 g/mol. The number of nitrogens with zero attached hydrogens (tertiary/aromatic N) is 2. The first-order valence-electron chi connectivity index (χ1n) is 1.40. The van der Waals surface area contributed by atoms with Gasteiger partial charge in [-0.15, -0.1) is 0 Å². The molecule has 0 amide bonds. The molecular formula is C2BN2Na3O3. The van der Waals surface area contributed by atoms with Gasteiger partial charge in [-0.2, -0.15) is 10.5 Å². The molecule has 0 aromatic heterocycles. The molecule has 0 radical (unpaired) electrons. The SMILES string of the molecule is N#CC#N.[Na+].[Na+].[Na+].[O-]B([O-])[O-]. The Morgan fingerprint density at radius 3 is 0.909 bits per heavy atom. The van der Waals surface area contributed by atoms with Crippen molar-refractivity contribution in [2.75, 3.05) is 0 Å². The Balaban J connectivity index is -0.0000000171. The largest absolute Gasteiger partial charge is 1.00 e. The zero-order chi connectivity index (χ0) is 6.99. The molecule has 0 N–H and O–H groups in total. The van der Waals surface area contributed by atoms with Crippen LogP contribution in [0.2, 0.25) is 0 Å². The van der Waals surface area contributed by atoms with E-state index in [1.807, 2.05) is 0 Å². The fourth-order valence-corrected chi connectivity index (χ4v) is 0. The topological polar surface area (TPSA) is 117 Å². The average Bonchev–Trinajstić information content (AvgIpc) is 1.65. The van der Waals surface area contributed by atoms with Crippen molar-refractivity contribution >= 4 is 7.32 Å². The smallest absolute Gasteiger partial charge is 0.907 e. The summed E-state index contributed by atoms with van der Waals surface area (Å²) in [5.41, 5.74) is 0. The Bertz CT molecular complexity index is 106. The number of hydrogen-bond acceptors (Lipinski definition) is 5. The Morgan fingerprint density at radius 1 is 0.818 bits per heavy atom. The van der Waals surface area contributed by atoms with Crippen LogP contribution in [0.15, 0.2) is 0 Å². The standard InChI is InChI=1S/C2N2.BO3.3Na/c3-1-2-4;2-1(3)4;;;/q;-3;3*+1. The monoisotopic (exact) mass is 180 g/mol. The molecule has 9 heteroatoms. The van der Waals surface area contributed by atoms with Crippen molar-refractivity contribution in [1.82, 2.24) is 0 Å². The molecule has 42 valence electrons. The van der Waals surface area contributed by atoms with Gasteiger partial charge in [-0.3, -0.25) is 7.32 Å². The Labute approximate surface area is 131 Å². The van der Waals surface area contributed by atoms with Gasteiger partial charge in [-0.25, -0.2) is 0 Å². The van der Waals surface area contributed by atoms with Crippen LogP contribution in [0.5, 0.6) is 0 Å². The maximum atomic E-state index is 8.42. The summed E-state index contributed by atoms with van der Waals surface area (Å²) in [4.78, 5) is 0. The zero-order valence-electron chi connectivity index (χ0n) is 6.70. The molecule has 0 aliphatic carbocycles. The first-order valence-corrected chi connectivity index (χ1v) is 1.40. The van der Waals surface area contributed by atoms with E-state index >= 15 is 0 Å². The summed E-state index contributed by atoms with van der Waals surface area (Å²) in [6.45, 7) is 0. The van der Waals surface area contributed by atoms with Gasteiger partial charge in [0, 0.05) is 0 Å². The molecule has 0 atom stereocenters. The van der Waals surface area contributed by atoms with Gasteiger partial charge in [0.15, 0.2) is 12.1 Å². The van der Waals surface area contributed by atoms with Gasteiger partial charge in [0.1, 0.15) is 0 Å². The van der Waals surface area contributed by atoms with E-state index in [0.717, 1.165) is 0 Å². The van der Waals surface area contributed by atoms with E-state index in [4.69, 9.17) is 25.6 Å². The normalized spacial score (nSPS) is 3.36. The summed E-state index contributed by atoms with van der Waals surface area (Å²) in [5.74, 6) is 0. The van der Waals surface area contributed by atoms with E-state index in [0.29, 0.717) is 0 Å². The van der Waals surface area contributed by atoms with Crippen molar-refractivity contribution in [2.24, 2.45) is 0 Å². The van der Waals surface area contributed by atoms with Crippen molar-refractivity contribution in [2.45, 2.75) is 0 Å². The van der Waals surface area contributed by atoms with Crippen LogP contribution >= 0.6 is 0 Å². The predicted molar refractivity (Wildman–Crippen MR) is 17.0 cm³/mol. The van der Waals surface area contributed by atoms with Gasteiger partial charge in [-0.05, 0) is 0 Å². The van der Waals surface area contributed by atoms with Crippen LogP contribution in [-0.2, 0) is 0 Å². The van der Waals surface area contributed by atoms with Crippen molar-refractivity contribution in [1.29, 1.82) is 10.5 Å². The third kappa shape index (κ3) is 137. The van der Waals surface area contributed by atoms with Gasteiger partial charge >= 0.3 is 88.7 Å². The molecule has 0 saturated heterocycles. The van der Waals surface area contributed by atoms with Gasteiger partial charge < -0.3 is 15.1 Å². The second-order valence-corrected chi connectivity index (χ2v) is 0.512. The number of hydrogen-bond donors (Lipinski definition) is 0. The fourth-order valence-electron chi connectivity index (χ4n) is 0. The van der Waals surface area contributed by atoms with Crippen LogP contribution in [-0.4, -0.2) is 7.32 Å². The molecule has 0 unspecified atom stereocenters. The first kappa shape index (κ1) is 29.3. The van der Waals surface area contributed by atoms with E-state index in [-0.39, 0.29) is 88.7 Å². The van der Waals surface area contributed by atoms with Gasteiger partial charge in [0.05, 0.1) is 0 Å². The minimum absolute atomic E-state index is 0. The number of rotatable bonds is 0. The van der Waals surface area contributed by atoms with Crippen LogP contribution in [0, 0.1) is 22.7 Å². The van der Waals surface area contributed by atoms with Crippen molar-refractivity contribution in [3.8, 4) is 12.1 Å². The zero-order valence-corrected chi connectivity index (χ0v) is 12.7. The Morgan fingerprint density at radius 2 is 0.909 bits per heavy atom. The van der Waals surface area contributed by atoms with E-state index in [9.17, 15) is 0 Å². The molecule has 11 heavy (non-hydrogen) atoms. The molecule has 5 nitrogen and oxygen atoms in total. The van der Waals surface area contributed by atoms with Crippen LogP contribution in [0.25, 0.3) is 0 Å². The van der Waals surface area contributed by atoms with Crippen LogP contribution in [0.4, 0.5) is 0 Å². The Hall–Kier alpha value is 1.92. The molecule has 0 bridgehead atoms. The van der Waals surface area contributed by atoms with E-state index in [1.54, 1.807) is 0 Å². The van der Waals surface area contributed by atoms with Gasteiger partial charge in [0.25, 0.3) is 0 Å². The summed E-state index contributed by atoms with van der Waals surface area (Å²) in [6.07, 6.45) is 0. The average molecular weight is 180 g/mol. The maximum absolute atomic E-state index is 8.42. The van der Waals surface area contributed by atoms with Crippen molar-refractivity contribution < 1.29 is 104 Å². The summed E-state index contributed by atoms with van der Waals surface area (Å²) in [5, 5.41) is 39.8. The molecule has 0 rings (SSSR count). The molecule has 0 saturated carbocycles. The molecule has 0 fully saturated rings. The molecule has 0 aromatic carbocycles. The number of nitriles is 2. The summed E-state index contributed by atoms with van der Waals surface area (Å²) >= 11 is 0. The predicted octanol–water partition coefficient (Wildman–Crippen LogP) is -12.9. The van der Waals surface area contributed by atoms with Crippen LogP contribution in [0.3, 0.4) is 0 Å². The third-order valence-electron chi connectivity index (χ3n) is 0.0500. The van der Waals surface area contributed by atoms with E-state index < -0.39 is 7.32 Å². The third-order valence-corrected chi connectivity index (χ3v) is 0.0500. The van der Waals surface area contributed by atoms with Crippen LogP contribution in [0.1, 0.15) is 0 Å². The maximum Gasteiger partial charge on any atom is 1.00 e. The summed E-state index contributed by atoms with van der Waals surface area (Å²) < 4.78 is 0. The second-order valence-electron chi connectivity index (χ2n) is 0.512. The molecule has 0 aromatic rings. The van der Waals surface area contributed by atoms with Gasteiger partial charge in [0.2, 0.25) is 0 Å². The Kier molecular flexibility index (Phi) is 79.0. The van der Waals surface area contributed by atoms with Crippen LogP contribution < -0.4 is 104 Å². The quantitative estimate of drug-likeness (QED) is 0.343.